The lowest BCUT2D eigenvalue weighted by molar-refractivity contribution is -0.192. The smallest absolute Gasteiger partial charge is 0.475 e. The molecule has 1 aromatic rings. The first-order chi connectivity index (χ1) is 13.2. The topological polar surface area (TPSA) is 89.0 Å². The summed E-state index contributed by atoms with van der Waals surface area (Å²) in [6.07, 6.45) is 1.20. The van der Waals surface area contributed by atoms with Gasteiger partial charge < -0.3 is 19.5 Å². The lowest BCUT2D eigenvalue weighted by Gasteiger charge is -2.38. The number of rotatable bonds is 3. The van der Waals surface area contributed by atoms with E-state index in [-0.39, 0.29) is 17.6 Å². The van der Waals surface area contributed by atoms with E-state index in [0.717, 1.165) is 39.0 Å². The maximum Gasteiger partial charge on any atom is 0.490 e. The molecule has 1 atom stereocenters. The molecular weight excluding hydrogens is 381 g/mol. The molecule has 156 valence electrons. The van der Waals surface area contributed by atoms with Crippen molar-refractivity contribution in [1.82, 2.24) is 9.88 Å². The molecule has 1 spiro atoms. The second-order valence-electron chi connectivity index (χ2n) is 6.61. The Balaban J connectivity index is 0.000000345. The van der Waals surface area contributed by atoms with E-state index in [0.29, 0.717) is 12.2 Å². The fraction of sp³-hybridized carbons (Fsp3) is 0.611. The molecule has 1 unspecified atom stereocenters. The number of carbonyl (C=O) groups is 2. The van der Waals surface area contributed by atoms with Crippen LogP contribution in [0.25, 0.3) is 0 Å². The van der Waals surface area contributed by atoms with Crippen LogP contribution in [-0.4, -0.2) is 71.1 Å². The molecule has 1 aromatic heterocycles. The molecule has 1 N–H and O–H groups in total. The van der Waals surface area contributed by atoms with Gasteiger partial charge in [0.2, 0.25) is 0 Å². The van der Waals surface area contributed by atoms with Gasteiger partial charge in [-0.05, 0) is 31.9 Å². The van der Waals surface area contributed by atoms with Crippen molar-refractivity contribution in [2.45, 2.75) is 44.1 Å². The number of aromatic nitrogens is 1. The Morgan fingerprint density at radius 3 is 2.39 bits per heavy atom. The lowest BCUT2D eigenvalue weighted by Crippen LogP contribution is -2.46. The van der Waals surface area contributed by atoms with Crippen molar-refractivity contribution in [2.24, 2.45) is 0 Å². The number of pyridine rings is 1. The molecule has 0 aliphatic carbocycles. The fourth-order valence-corrected chi connectivity index (χ4v) is 3.29. The number of likely N-dealkylation sites (tertiary alicyclic amines) is 1. The van der Waals surface area contributed by atoms with Crippen LogP contribution >= 0.6 is 0 Å². The summed E-state index contributed by atoms with van der Waals surface area (Å²) in [5, 5.41) is 7.12. The van der Waals surface area contributed by atoms with E-state index >= 15 is 0 Å². The Labute approximate surface area is 160 Å². The minimum Gasteiger partial charge on any atom is -0.475 e. The molecule has 10 heteroatoms. The van der Waals surface area contributed by atoms with Gasteiger partial charge in [-0.15, -0.1) is 0 Å². The maximum absolute atomic E-state index is 12.4. The minimum absolute atomic E-state index is 0.0745. The number of carboxylic acids is 1. The number of amides is 1. The average Bonchev–Trinajstić information content (AvgIpc) is 3.05. The van der Waals surface area contributed by atoms with E-state index in [1.807, 2.05) is 11.8 Å². The van der Waals surface area contributed by atoms with E-state index in [1.165, 1.54) is 0 Å². The summed E-state index contributed by atoms with van der Waals surface area (Å²) < 4.78 is 43.4. The average molecular weight is 404 g/mol. The van der Waals surface area contributed by atoms with Gasteiger partial charge in [-0.25, -0.2) is 4.79 Å². The maximum atomic E-state index is 12.4. The van der Waals surface area contributed by atoms with Gasteiger partial charge >= 0.3 is 12.1 Å². The number of halogens is 3. The zero-order valence-corrected chi connectivity index (χ0v) is 15.4. The first kappa shape index (κ1) is 22.1. The highest BCUT2D eigenvalue weighted by atomic mass is 19.4. The molecule has 3 heterocycles. The van der Waals surface area contributed by atoms with Crippen LogP contribution in [0.5, 0.6) is 0 Å². The SMILES string of the molecule is CCOC1COC2(CCN(C(=O)c3ccncc3)CC2)C1.O=C(O)C(F)(F)F. The summed E-state index contributed by atoms with van der Waals surface area (Å²) in [5.41, 5.74) is 0.634. The van der Waals surface area contributed by atoms with Crippen LogP contribution in [0.2, 0.25) is 0 Å². The number of hydrogen-bond donors (Lipinski definition) is 1. The van der Waals surface area contributed by atoms with Crippen LogP contribution in [0.15, 0.2) is 24.5 Å². The summed E-state index contributed by atoms with van der Waals surface area (Å²) in [4.78, 5) is 27.2. The Bertz CT molecular complexity index is 661. The number of hydrogen-bond acceptors (Lipinski definition) is 5. The van der Waals surface area contributed by atoms with Gasteiger partial charge in [0.15, 0.2) is 0 Å². The molecule has 2 aliphatic heterocycles. The number of ether oxygens (including phenoxy) is 2. The van der Waals surface area contributed by atoms with Crippen molar-refractivity contribution in [3.63, 3.8) is 0 Å². The Morgan fingerprint density at radius 2 is 1.89 bits per heavy atom. The van der Waals surface area contributed by atoms with Gasteiger partial charge in [-0.3, -0.25) is 9.78 Å². The molecule has 2 aliphatic rings. The first-order valence-electron chi connectivity index (χ1n) is 8.92. The first-order valence-corrected chi connectivity index (χ1v) is 8.92. The number of carboxylic acid groups (broad SMARTS) is 1. The van der Waals surface area contributed by atoms with Crippen LogP contribution in [0.3, 0.4) is 0 Å². The summed E-state index contributed by atoms with van der Waals surface area (Å²) in [6.45, 7) is 4.93. The van der Waals surface area contributed by atoms with Gasteiger partial charge in [-0.2, -0.15) is 13.2 Å². The fourth-order valence-electron chi connectivity index (χ4n) is 3.29. The zero-order valence-electron chi connectivity index (χ0n) is 15.4. The minimum atomic E-state index is -5.08. The number of alkyl halides is 3. The van der Waals surface area contributed by atoms with E-state index in [2.05, 4.69) is 4.98 Å². The van der Waals surface area contributed by atoms with Crippen LogP contribution in [0.4, 0.5) is 13.2 Å². The molecule has 7 nitrogen and oxygen atoms in total. The second-order valence-corrected chi connectivity index (χ2v) is 6.61. The molecule has 3 rings (SSSR count). The number of carbonyl (C=O) groups excluding carboxylic acids is 1. The van der Waals surface area contributed by atoms with Crippen LogP contribution in [0.1, 0.15) is 36.5 Å². The zero-order chi connectivity index (χ0) is 20.8. The highest BCUT2D eigenvalue weighted by molar-refractivity contribution is 5.94. The van der Waals surface area contributed by atoms with E-state index < -0.39 is 12.1 Å². The van der Waals surface area contributed by atoms with Crippen molar-refractivity contribution < 1.29 is 37.3 Å². The van der Waals surface area contributed by atoms with E-state index in [1.54, 1.807) is 24.5 Å². The molecule has 0 bridgehead atoms. The van der Waals surface area contributed by atoms with Crippen LogP contribution in [-0.2, 0) is 14.3 Å². The van der Waals surface area contributed by atoms with Crippen molar-refractivity contribution >= 4 is 11.9 Å². The van der Waals surface area contributed by atoms with Crippen LogP contribution in [0, 0.1) is 0 Å². The largest absolute Gasteiger partial charge is 0.490 e. The summed E-state index contributed by atoms with van der Waals surface area (Å²) in [5.74, 6) is -2.67. The summed E-state index contributed by atoms with van der Waals surface area (Å²) in [6, 6.07) is 3.54. The highest BCUT2D eigenvalue weighted by Gasteiger charge is 2.43. The van der Waals surface area contributed by atoms with Crippen molar-refractivity contribution in [3.05, 3.63) is 30.1 Å². The van der Waals surface area contributed by atoms with E-state index in [9.17, 15) is 18.0 Å². The van der Waals surface area contributed by atoms with Gasteiger partial charge in [0.25, 0.3) is 5.91 Å². The molecular formula is C18H23F3N2O5. The number of piperidine rings is 1. The van der Waals surface area contributed by atoms with Crippen molar-refractivity contribution in [3.8, 4) is 0 Å². The Morgan fingerprint density at radius 1 is 1.32 bits per heavy atom. The Kier molecular flexibility index (Phi) is 7.36. The van der Waals surface area contributed by atoms with E-state index in [4.69, 9.17) is 19.4 Å². The molecule has 0 saturated carbocycles. The summed E-state index contributed by atoms with van der Waals surface area (Å²) in [7, 11) is 0. The standard InChI is InChI=1S/C16H22N2O3.C2HF3O2/c1-2-20-14-11-16(21-12-14)5-9-18(10-6-16)15(19)13-3-7-17-8-4-13;3-2(4,5)1(6)7/h3-4,7-8,14H,2,5-6,9-12H2,1H3;(H,6,7). The lowest BCUT2D eigenvalue weighted by atomic mass is 9.87. The monoisotopic (exact) mass is 404 g/mol. The normalized spacial score (nSPS) is 21.1. The van der Waals surface area contributed by atoms with Gasteiger partial charge in [0, 0.05) is 44.1 Å². The third-order valence-electron chi connectivity index (χ3n) is 4.71. The molecule has 0 aromatic carbocycles. The van der Waals surface area contributed by atoms with Crippen molar-refractivity contribution in [2.75, 3.05) is 26.3 Å². The van der Waals surface area contributed by atoms with Crippen LogP contribution < -0.4 is 0 Å². The molecule has 0 radical (unpaired) electrons. The quantitative estimate of drug-likeness (QED) is 0.833. The van der Waals surface area contributed by atoms with Gasteiger partial charge in [-0.1, -0.05) is 0 Å². The second kappa shape index (κ2) is 9.33. The highest BCUT2D eigenvalue weighted by Crippen LogP contribution is 2.37. The molecule has 28 heavy (non-hydrogen) atoms. The number of nitrogens with zero attached hydrogens (tertiary/aromatic N) is 2. The summed E-state index contributed by atoms with van der Waals surface area (Å²) >= 11 is 0. The third kappa shape index (κ3) is 5.90. The predicted octanol–water partition coefficient (Wildman–Crippen LogP) is 2.52. The Hall–Kier alpha value is -2.20. The molecule has 2 saturated heterocycles. The van der Waals surface area contributed by atoms with Gasteiger partial charge in [0.1, 0.15) is 0 Å². The third-order valence-corrected chi connectivity index (χ3v) is 4.71. The molecule has 1 amide bonds. The number of aliphatic carboxylic acids is 1. The van der Waals surface area contributed by atoms with Crippen molar-refractivity contribution in [1.29, 1.82) is 0 Å². The predicted molar refractivity (Wildman–Crippen MR) is 91.8 cm³/mol. The van der Waals surface area contributed by atoms with Gasteiger partial charge in [0.05, 0.1) is 18.3 Å². The molecule has 2 fully saturated rings.